The molecule has 0 aliphatic rings. The standard InChI is InChI=1S/C8H11N5O2/c9-7-6-1-12-13(2-5(15)3-14)8(6)11-4-10-7/h1,4-5,14-15H,2-3H2,(H2,9,10,11). The molecule has 0 radical (unpaired) electrons. The number of aliphatic hydroxyl groups excluding tert-OH is 2. The largest absolute Gasteiger partial charge is 0.394 e. The fourth-order valence-corrected chi connectivity index (χ4v) is 1.30. The van der Waals surface area contributed by atoms with Gasteiger partial charge in [-0.2, -0.15) is 5.10 Å². The highest BCUT2D eigenvalue weighted by Crippen LogP contribution is 2.15. The van der Waals surface area contributed by atoms with Crippen molar-refractivity contribution in [2.45, 2.75) is 12.6 Å². The monoisotopic (exact) mass is 209 g/mol. The normalized spacial score (nSPS) is 13.2. The van der Waals surface area contributed by atoms with E-state index in [-0.39, 0.29) is 13.2 Å². The molecule has 0 aliphatic carbocycles. The van der Waals surface area contributed by atoms with E-state index in [0.29, 0.717) is 16.9 Å². The van der Waals surface area contributed by atoms with Crippen LogP contribution in [0.1, 0.15) is 0 Å². The minimum absolute atomic E-state index is 0.177. The van der Waals surface area contributed by atoms with Crippen molar-refractivity contribution in [2.75, 3.05) is 12.3 Å². The molecule has 2 aromatic rings. The summed E-state index contributed by atoms with van der Waals surface area (Å²) >= 11 is 0. The number of fused-ring (bicyclic) bond motifs is 1. The highest BCUT2D eigenvalue weighted by atomic mass is 16.3. The van der Waals surface area contributed by atoms with Crippen LogP contribution in [-0.4, -0.2) is 42.7 Å². The Bertz CT molecular complexity index is 469. The van der Waals surface area contributed by atoms with Crippen molar-refractivity contribution in [3.05, 3.63) is 12.5 Å². The Kier molecular flexibility index (Phi) is 2.48. The molecule has 2 heterocycles. The van der Waals surface area contributed by atoms with Crippen LogP contribution in [0.3, 0.4) is 0 Å². The molecule has 0 aromatic carbocycles. The van der Waals surface area contributed by atoms with Crippen molar-refractivity contribution in [1.29, 1.82) is 0 Å². The Balaban J connectivity index is 2.41. The second kappa shape index (κ2) is 3.79. The lowest BCUT2D eigenvalue weighted by atomic mass is 10.3. The molecule has 0 aliphatic heterocycles. The third-order valence-corrected chi connectivity index (χ3v) is 2.06. The molecule has 7 heteroatoms. The number of hydrogen-bond acceptors (Lipinski definition) is 6. The van der Waals surface area contributed by atoms with E-state index < -0.39 is 6.10 Å². The van der Waals surface area contributed by atoms with Gasteiger partial charge in [0.15, 0.2) is 5.65 Å². The summed E-state index contributed by atoms with van der Waals surface area (Å²) in [5, 5.41) is 22.6. The first kappa shape index (κ1) is 9.81. The van der Waals surface area contributed by atoms with Crippen LogP contribution >= 0.6 is 0 Å². The van der Waals surface area contributed by atoms with E-state index >= 15 is 0 Å². The number of nitrogens with zero attached hydrogens (tertiary/aromatic N) is 4. The lowest BCUT2D eigenvalue weighted by Crippen LogP contribution is -2.20. The van der Waals surface area contributed by atoms with Crippen molar-refractivity contribution >= 4 is 16.9 Å². The Morgan fingerprint density at radius 3 is 3.00 bits per heavy atom. The summed E-state index contributed by atoms with van der Waals surface area (Å²) in [5.41, 5.74) is 6.17. The summed E-state index contributed by atoms with van der Waals surface area (Å²) in [6.07, 6.45) is 2.01. The van der Waals surface area contributed by atoms with Crippen LogP contribution < -0.4 is 5.73 Å². The van der Waals surface area contributed by atoms with Crippen molar-refractivity contribution in [2.24, 2.45) is 0 Å². The molecule has 0 bridgehead atoms. The van der Waals surface area contributed by atoms with Crippen molar-refractivity contribution in [3.63, 3.8) is 0 Å². The van der Waals surface area contributed by atoms with Crippen LogP contribution in [0.25, 0.3) is 11.0 Å². The van der Waals surface area contributed by atoms with Gasteiger partial charge in [0.25, 0.3) is 0 Å². The number of nitrogen functional groups attached to an aromatic ring is 1. The van der Waals surface area contributed by atoms with Gasteiger partial charge in [-0.3, -0.25) is 0 Å². The number of anilines is 1. The van der Waals surface area contributed by atoms with E-state index in [4.69, 9.17) is 10.8 Å². The molecule has 0 fully saturated rings. The predicted octanol–water partition coefficient (Wildman–Crippen LogP) is -1.24. The molecular formula is C8H11N5O2. The maximum absolute atomic E-state index is 9.27. The Labute approximate surface area is 85.2 Å². The number of rotatable bonds is 3. The maximum atomic E-state index is 9.27. The van der Waals surface area contributed by atoms with Crippen molar-refractivity contribution in [3.8, 4) is 0 Å². The summed E-state index contributed by atoms with van der Waals surface area (Å²) in [6, 6.07) is 0. The van der Waals surface area contributed by atoms with Gasteiger partial charge in [0, 0.05) is 0 Å². The summed E-state index contributed by atoms with van der Waals surface area (Å²) in [7, 11) is 0. The zero-order valence-corrected chi connectivity index (χ0v) is 7.91. The molecule has 2 aromatic heterocycles. The first-order valence-corrected chi connectivity index (χ1v) is 4.43. The molecular weight excluding hydrogens is 198 g/mol. The van der Waals surface area contributed by atoms with Crippen molar-refractivity contribution < 1.29 is 10.2 Å². The Hall–Kier alpha value is -1.73. The zero-order valence-electron chi connectivity index (χ0n) is 7.91. The molecule has 1 unspecified atom stereocenters. The van der Waals surface area contributed by atoms with Crippen LogP contribution in [0, 0.1) is 0 Å². The zero-order chi connectivity index (χ0) is 10.8. The first-order chi connectivity index (χ1) is 7.22. The second-order valence-electron chi connectivity index (χ2n) is 3.16. The minimum Gasteiger partial charge on any atom is -0.394 e. The van der Waals surface area contributed by atoms with E-state index in [1.807, 2.05) is 0 Å². The Morgan fingerprint density at radius 1 is 1.47 bits per heavy atom. The number of hydrogen-bond donors (Lipinski definition) is 3. The van der Waals surface area contributed by atoms with Crippen LogP contribution in [0.4, 0.5) is 5.82 Å². The SMILES string of the molecule is Nc1ncnc2c1cnn2CC(O)CO. The van der Waals surface area contributed by atoms with Crippen LogP contribution in [-0.2, 0) is 6.54 Å². The number of aliphatic hydroxyl groups is 2. The Morgan fingerprint density at radius 2 is 2.27 bits per heavy atom. The van der Waals surface area contributed by atoms with Gasteiger partial charge in [-0.1, -0.05) is 0 Å². The molecule has 0 amide bonds. The summed E-state index contributed by atoms with van der Waals surface area (Å²) in [4.78, 5) is 7.83. The summed E-state index contributed by atoms with van der Waals surface area (Å²) in [5.74, 6) is 0.352. The topological polar surface area (TPSA) is 110 Å². The lowest BCUT2D eigenvalue weighted by molar-refractivity contribution is 0.0792. The van der Waals surface area contributed by atoms with E-state index in [1.54, 1.807) is 0 Å². The number of nitrogens with two attached hydrogens (primary N) is 1. The molecule has 80 valence electrons. The third kappa shape index (κ3) is 1.74. The molecule has 1 atom stereocenters. The molecule has 0 saturated carbocycles. The third-order valence-electron chi connectivity index (χ3n) is 2.06. The molecule has 0 spiro atoms. The summed E-state index contributed by atoms with van der Waals surface area (Å²) in [6.45, 7) is -0.141. The van der Waals surface area contributed by atoms with Crippen molar-refractivity contribution in [1.82, 2.24) is 19.7 Å². The summed E-state index contributed by atoms with van der Waals surface area (Å²) < 4.78 is 1.48. The van der Waals surface area contributed by atoms with E-state index in [1.165, 1.54) is 17.2 Å². The lowest BCUT2D eigenvalue weighted by Gasteiger charge is -2.07. The average molecular weight is 209 g/mol. The van der Waals surface area contributed by atoms with Crippen LogP contribution in [0.2, 0.25) is 0 Å². The van der Waals surface area contributed by atoms with Gasteiger partial charge in [0.05, 0.1) is 30.8 Å². The van der Waals surface area contributed by atoms with E-state index in [2.05, 4.69) is 15.1 Å². The minimum atomic E-state index is -0.857. The highest BCUT2D eigenvalue weighted by molar-refractivity contribution is 5.84. The van der Waals surface area contributed by atoms with Gasteiger partial charge in [-0.05, 0) is 0 Å². The molecule has 15 heavy (non-hydrogen) atoms. The average Bonchev–Trinajstić information content (AvgIpc) is 2.63. The second-order valence-corrected chi connectivity index (χ2v) is 3.16. The fraction of sp³-hybridized carbons (Fsp3) is 0.375. The molecule has 4 N–H and O–H groups in total. The van der Waals surface area contributed by atoms with Crippen LogP contribution in [0.15, 0.2) is 12.5 Å². The van der Waals surface area contributed by atoms with E-state index in [9.17, 15) is 5.11 Å². The maximum Gasteiger partial charge on any atom is 0.163 e. The molecule has 0 saturated heterocycles. The van der Waals surface area contributed by atoms with Gasteiger partial charge >= 0.3 is 0 Å². The van der Waals surface area contributed by atoms with Gasteiger partial charge in [0.1, 0.15) is 12.1 Å². The molecule has 2 rings (SSSR count). The quantitative estimate of drug-likeness (QED) is 0.583. The predicted molar refractivity (Wildman–Crippen MR) is 52.8 cm³/mol. The number of aromatic nitrogens is 4. The fourth-order valence-electron chi connectivity index (χ4n) is 1.30. The van der Waals surface area contributed by atoms with E-state index in [0.717, 1.165) is 0 Å². The smallest absolute Gasteiger partial charge is 0.163 e. The van der Waals surface area contributed by atoms with Crippen LogP contribution in [0.5, 0.6) is 0 Å². The van der Waals surface area contributed by atoms with Gasteiger partial charge < -0.3 is 15.9 Å². The van der Waals surface area contributed by atoms with Gasteiger partial charge in [-0.25, -0.2) is 14.6 Å². The van der Waals surface area contributed by atoms with Gasteiger partial charge in [-0.15, -0.1) is 0 Å². The van der Waals surface area contributed by atoms with Gasteiger partial charge in [0.2, 0.25) is 0 Å². The first-order valence-electron chi connectivity index (χ1n) is 4.43. The highest BCUT2D eigenvalue weighted by Gasteiger charge is 2.10. The molecule has 7 nitrogen and oxygen atoms in total.